The van der Waals surface area contributed by atoms with Crippen molar-refractivity contribution < 1.29 is 38.1 Å². The topological polar surface area (TPSA) is 136 Å². The third kappa shape index (κ3) is 6.17. The summed E-state index contributed by atoms with van der Waals surface area (Å²) in [5.41, 5.74) is -2.16. The fourth-order valence-electron chi connectivity index (χ4n) is 5.59. The van der Waals surface area contributed by atoms with Crippen LogP contribution in [0.25, 0.3) is 0 Å². The lowest BCUT2D eigenvalue weighted by Gasteiger charge is -2.54. The van der Waals surface area contributed by atoms with Gasteiger partial charge in [-0.1, -0.05) is 0 Å². The molecule has 4 saturated heterocycles. The van der Waals surface area contributed by atoms with Gasteiger partial charge in [-0.05, 0) is 67.2 Å². The number of likely N-dealkylation sites (tertiary alicyclic amines) is 2. The Labute approximate surface area is 224 Å². The summed E-state index contributed by atoms with van der Waals surface area (Å²) < 4.78 is 22.0. The van der Waals surface area contributed by atoms with Gasteiger partial charge >= 0.3 is 24.1 Å². The van der Waals surface area contributed by atoms with Gasteiger partial charge in [-0.2, -0.15) is 0 Å². The van der Waals surface area contributed by atoms with Crippen LogP contribution in [0.5, 0.6) is 0 Å². The third-order valence-electron chi connectivity index (χ3n) is 7.53. The van der Waals surface area contributed by atoms with E-state index in [0.717, 1.165) is 25.7 Å². The highest BCUT2D eigenvalue weighted by Gasteiger charge is 2.55. The SMILES string of the molecule is CC(C)(C)OC(=O)N1CCCC2(CNC2OC(=O)C(=O)OC2NCC23CCCN(C(=O)OC(C)(C)C)C3)C1. The van der Waals surface area contributed by atoms with Crippen LogP contribution in [0, 0.1) is 10.8 Å². The number of esters is 2. The van der Waals surface area contributed by atoms with Crippen molar-refractivity contribution in [2.24, 2.45) is 10.8 Å². The van der Waals surface area contributed by atoms with E-state index in [1.165, 1.54) is 0 Å². The summed E-state index contributed by atoms with van der Waals surface area (Å²) in [7, 11) is 0. The summed E-state index contributed by atoms with van der Waals surface area (Å²) in [6, 6.07) is 0. The predicted molar refractivity (Wildman–Crippen MR) is 135 cm³/mol. The molecule has 2 N–H and O–H groups in total. The molecule has 0 aromatic carbocycles. The molecule has 2 amide bonds. The summed E-state index contributed by atoms with van der Waals surface area (Å²) in [5, 5.41) is 6.14. The second kappa shape index (κ2) is 10.2. The molecule has 4 heterocycles. The van der Waals surface area contributed by atoms with Crippen LogP contribution in [0.2, 0.25) is 0 Å². The molecule has 4 fully saturated rings. The summed E-state index contributed by atoms with van der Waals surface area (Å²) in [6.07, 6.45) is 0.774. The second-order valence-electron chi connectivity index (χ2n) is 13.1. The standard InChI is InChI=1S/C26H42N4O8/c1-23(2,3)37-21(33)29-11-7-9-25(15-29)13-27-19(25)35-17(31)18(32)36-20-26(14-28-20)10-8-12-30(16-26)22(34)38-24(4,5)6/h19-20,27-28H,7-16H2,1-6H3. The van der Waals surface area contributed by atoms with Crippen LogP contribution >= 0.6 is 0 Å². The first-order valence-electron chi connectivity index (χ1n) is 13.5. The summed E-state index contributed by atoms with van der Waals surface area (Å²) in [4.78, 5) is 53.8. The highest BCUT2D eigenvalue weighted by molar-refractivity contribution is 6.29. The van der Waals surface area contributed by atoms with E-state index in [-0.39, 0.29) is 0 Å². The minimum Gasteiger partial charge on any atom is -0.444 e. The van der Waals surface area contributed by atoms with Crippen LogP contribution < -0.4 is 10.6 Å². The largest absolute Gasteiger partial charge is 0.444 e. The average molecular weight is 539 g/mol. The zero-order chi connectivity index (χ0) is 27.9. The highest BCUT2D eigenvalue weighted by Crippen LogP contribution is 2.41. The van der Waals surface area contributed by atoms with E-state index >= 15 is 0 Å². The molecule has 0 bridgehead atoms. The Balaban J connectivity index is 1.30. The predicted octanol–water partition coefficient (Wildman–Crippen LogP) is 1.97. The van der Waals surface area contributed by atoms with Crippen molar-refractivity contribution >= 4 is 24.1 Å². The average Bonchev–Trinajstić information content (AvgIpc) is 2.82. The molecule has 38 heavy (non-hydrogen) atoms. The molecule has 12 heteroatoms. The van der Waals surface area contributed by atoms with E-state index in [1.807, 2.05) is 41.5 Å². The molecule has 4 aliphatic rings. The molecular formula is C26H42N4O8. The molecule has 214 valence electrons. The third-order valence-corrected chi connectivity index (χ3v) is 7.53. The lowest BCUT2D eigenvalue weighted by Crippen LogP contribution is -2.71. The normalized spacial score (nSPS) is 31.2. The van der Waals surface area contributed by atoms with Gasteiger partial charge in [0.05, 0.1) is 10.8 Å². The number of nitrogens with one attached hydrogen (secondary N) is 2. The highest BCUT2D eigenvalue weighted by atomic mass is 16.6. The molecule has 12 nitrogen and oxygen atoms in total. The minimum atomic E-state index is -1.08. The summed E-state index contributed by atoms with van der Waals surface area (Å²) in [5.74, 6) is -2.17. The van der Waals surface area contributed by atoms with Gasteiger partial charge in [0.2, 0.25) is 0 Å². The van der Waals surface area contributed by atoms with Gasteiger partial charge in [0, 0.05) is 39.3 Å². The summed E-state index contributed by atoms with van der Waals surface area (Å²) >= 11 is 0. The molecular weight excluding hydrogens is 496 g/mol. The number of hydrogen-bond donors (Lipinski definition) is 2. The molecule has 0 aromatic rings. The fourth-order valence-corrected chi connectivity index (χ4v) is 5.59. The molecule has 0 saturated carbocycles. The van der Waals surface area contributed by atoms with E-state index in [1.54, 1.807) is 9.80 Å². The van der Waals surface area contributed by atoms with Crippen LogP contribution in [0.1, 0.15) is 67.2 Å². The Morgan fingerprint density at radius 1 is 0.684 bits per heavy atom. The van der Waals surface area contributed by atoms with Crippen LogP contribution in [0.4, 0.5) is 9.59 Å². The Morgan fingerprint density at radius 3 is 1.34 bits per heavy atom. The van der Waals surface area contributed by atoms with Gasteiger partial charge in [-0.25, -0.2) is 19.2 Å². The van der Waals surface area contributed by atoms with Crippen molar-refractivity contribution in [3.05, 3.63) is 0 Å². The van der Waals surface area contributed by atoms with Gasteiger partial charge in [0.15, 0.2) is 12.5 Å². The van der Waals surface area contributed by atoms with E-state index < -0.39 is 58.6 Å². The molecule has 4 unspecified atom stereocenters. The van der Waals surface area contributed by atoms with Crippen molar-refractivity contribution in [1.29, 1.82) is 0 Å². The van der Waals surface area contributed by atoms with E-state index in [0.29, 0.717) is 39.3 Å². The number of carbonyl (C=O) groups excluding carboxylic acids is 4. The zero-order valence-corrected chi connectivity index (χ0v) is 23.4. The van der Waals surface area contributed by atoms with Gasteiger partial charge in [0.1, 0.15) is 11.2 Å². The number of amides is 2. The van der Waals surface area contributed by atoms with Crippen molar-refractivity contribution in [1.82, 2.24) is 20.4 Å². The monoisotopic (exact) mass is 538 g/mol. The molecule has 4 rings (SSSR count). The van der Waals surface area contributed by atoms with Crippen molar-refractivity contribution in [3.63, 3.8) is 0 Å². The Kier molecular flexibility index (Phi) is 7.61. The minimum absolute atomic E-state index is 0.371. The maximum atomic E-state index is 12.7. The van der Waals surface area contributed by atoms with Crippen LogP contribution in [-0.2, 0) is 28.5 Å². The first-order valence-corrected chi connectivity index (χ1v) is 13.5. The van der Waals surface area contributed by atoms with Crippen molar-refractivity contribution in [2.45, 2.75) is 90.9 Å². The first kappa shape index (κ1) is 28.4. The molecule has 4 atom stereocenters. The lowest BCUT2D eigenvalue weighted by atomic mass is 9.73. The van der Waals surface area contributed by atoms with E-state index in [4.69, 9.17) is 18.9 Å². The number of rotatable bonds is 2. The first-order chi connectivity index (χ1) is 17.6. The molecule has 0 aliphatic carbocycles. The Hall–Kier alpha value is -2.60. The van der Waals surface area contributed by atoms with Crippen LogP contribution in [-0.4, -0.2) is 96.9 Å². The molecule has 4 aliphatic heterocycles. The van der Waals surface area contributed by atoms with E-state index in [9.17, 15) is 19.2 Å². The molecule has 0 aromatic heterocycles. The van der Waals surface area contributed by atoms with Crippen LogP contribution in [0.15, 0.2) is 0 Å². The van der Waals surface area contributed by atoms with Gasteiger partial charge in [-0.3, -0.25) is 10.6 Å². The number of carbonyl (C=O) groups is 4. The number of ether oxygens (including phenoxy) is 4. The van der Waals surface area contributed by atoms with Gasteiger partial charge in [0.25, 0.3) is 0 Å². The van der Waals surface area contributed by atoms with Crippen molar-refractivity contribution in [2.75, 3.05) is 39.3 Å². The second-order valence-corrected chi connectivity index (χ2v) is 13.1. The van der Waals surface area contributed by atoms with Gasteiger partial charge < -0.3 is 28.7 Å². The number of nitrogens with zero attached hydrogens (tertiary/aromatic N) is 2. The maximum Gasteiger partial charge on any atom is 0.419 e. The quantitative estimate of drug-likeness (QED) is 0.305. The fraction of sp³-hybridized carbons (Fsp3) is 0.846. The van der Waals surface area contributed by atoms with E-state index in [2.05, 4.69) is 10.6 Å². The summed E-state index contributed by atoms with van der Waals surface area (Å²) in [6.45, 7) is 13.9. The smallest absolute Gasteiger partial charge is 0.419 e. The molecule has 2 spiro atoms. The van der Waals surface area contributed by atoms with Crippen molar-refractivity contribution in [3.8, 4) is 0 Å². The zero-order valence-electron chi connectivity index (χ0n) is 23.4. The van der Waals surface area contributed by atoms with Gasteiger partial charge in [-0.15, -0.1) is 0 Å². The Bertz CT molecular complexity index is 884. The maximum absolute atomic E-state index is 12.7. The number of hydrogen-bond acceptors (Lipinski definition) is 10. The lowest BCUT2D eigenvalue weighted by molar-refractivity contribution is -0.203. The Morgan fingerprint density at radius 2 is 1.05 bits per heavy atom. The number of piperidine rings is 2. The van der Waals surface area contributed by atoms with Crippen LogP contribution in [0.3, 0.4) is 0 Å². The molecule has 0 radical (unpaired) electrons.